The second-order valence-electron chi connectivity index (χ2n) is 5.79. The van der Waals surface area contributed by atoms with Crippen molar-refractivity contribution < 1.29 is 13.6 Å². The predicted octanol–water partition coefficient (Wildman–Crippen LogP) is 3.40. The van der Waals surface area contributed by atoms with E-state index >= 15 is 0 Å². The highest BCUT2D eigenvalue weighted by Crippen LogP contribution is 2.23. The number of carbonyl (C=O) groups excluding carboxylic acids is 1. The summed E-state index contributed by atoms with van der Waals surface area (Å²) in [5, 5.41) is 12.0. The number of hydrogen-bond donors (Lipinski definition) is 1. The number of carbonyl (C=O) groups is 1. The molecular weight excluding hydrogens is 347 g/mol. The monoisotopic (exact) mass is 364 g/mol. The third-order valence-electron chi connectivity index (χ3n) is 3.85. The lowest BCUT2D eigenvalue weighted by Crippen LogP contribution is -2.26. The Hall–Kier alpha value is -3.66. The van der Waals surface area contributed by atoms with Crippen molar-refractivity contribution in [3.8, 4) is 17.4 Å². The topological polar surface area (TPSA) is 83.9 Å². The summed E-state index contributed by atoms with van der Waals surface area (Å²) < 4.78 is 20.5. The summed E-state index contributed by atoms with van der Waals surface area (Å²) in [4.78, 5) is 16.1. The van der Waals surface area contributed by atoms with E-state index < -0.39 is 5.91 Å². The number of nitrogens with zero attached hydrogens (tertiary/aromatic N) is 3. The van der Waals surface area contributed by atoms with Gasteiger partial charge in [-0.15, -0.1) is 0 Å². The highest BCUT2D eigenvalue weighted by Gasteiger charge is 2.10. The first-order valence-electron chi connectivity index (χ1n) is 8.37. The quantitative estimate of drug-likeness (QED) is 0.396. The van der Waals surface area contributed by atoms with Crippen molar-refractivity contribution in [2.45, 2.75) is 13.0 Å². The fourth-order valence-corrected chi connectivity index (χ4v) is 2.47. The first kappa shape index (κ1) is 18.1. The van der Waals surface area contributed by atoms with E-state index in [-0.39, 0.29) is 11.4 Å². The highest BCUT2D eigenvalue weighted by molar-refractivity contribution is 6.01. The summed E-state index contributed by atoms with van der Waals surface area (Å²) in [7, 11) is 0. The molecule has 0 bridgehead atoms. The van der Waals surface area contributed by atoms with Crippen LogP contribution in [0.5, 0.6) is 0 Å². The number of hydrogen-bond acceptors (Lipinski definition) is 4. The van der Waals surface area contributed by atoms with Crippen molar-refractivity contribution in [3.05, 3.63) is 72.3 Å². The third kappa shape index (κ3) is 4.92. The van der Waals surface area contributed by atoms with E-state index in [9.17, 15) is 14.4 Å². The largest absolute Gasteiger partial charge is 0.457 e. The van der Waals surface area contributed by atoms with Gasteiger partial charge >= 0.3 is 0 Å². The standard InChI is InChI=1S/C20H17FN4O2/c21-17-4-2-15(3-5-17)19-7-6-18(27-19)12-16(13-22)20(26)24-8-1-10-25-11-9-23-14-25/h2-7,9,11-12,14H,1,8,10H2,(H,24,26). The Bertz CT molecular complexity index is 966. The molecule has 0 unspecified atom stereocenters. The Kier molecular flexibility index (Phi) is 5.80. The number of aromatic nitrogens is 2. The van der Waals surface area contributed by atoms with E-state index in [0.717, 1.165) is 13.0 Å². The summed E-state index contributed by atoms with van der Waals surface area (Å²) >= 11 is 0. The van der Waals surface area contributed by atoms with Crippen LogP contribution in [-0.2, 0) is 11.3 Å². The normalized spacial score (nSPS) is 11.2. The molecule has 1 N–H and O–H groups in total. The molecule has 0 aliphatic rings. The van der Waals surface area contributed by atoms with Crippen LogP contribution < -0.4 is 5.32 Å². The molecule has 136 valence electrons. The SMILES string of the molecule is N#CC(=Cc1ccc(-c2ccc(F)cc2)o1)C(=O)NCCCn1ccnc1. The lowest BCUT2D eigenvalue weighted by Gasteiger charge is -2.04. The maximum absolute atomic E-state index is 13.0. The molecule has 0 saturated heterocycles. The van der Waals surface area contributed by atoms with Gasteiger partial charge in [-0.25, -0.2) is 9.37 Å². The van der Waals surface area contributed by atoms with Gasteiger partial charge in [0.1, 0.15) is 29.0 Å². The van der Waals surface area contributed by atoms with Gasteiger partial charge in [-0.2, -0.15) is 5.26 Å². The molecule has 2 heterocycles. The molecule has 0 saturated carbocycles. The average molecular weight is 364 g/mol. The van der Waals surface area contributed by atoms with E-state index in [1.165, 1.54) is 18.2 Å². The van der Waals surface area contributed by atoms with Gasteiger partial charge in [0.25, 0.3) is 5.91 Å². The van der Waals surface area contributed by atoms with Crippen molar-refractivity contribution >= 4 is 12.0 Å². The van der Waals surface area contributed by atoms with E-state index in [1.54, 1.807) is 36.8 Å². The second-order valence-corrected chi connectivity index (χ2v) is 5.79. The summed E-state index contributed by atoms with van der Waals surface area (Å²) in [6.45, 7) is 1.17. The Morgan fingerprint density at radius 1 is 1.30 bits per heavy atom. The number of amides is 1. The molecule has 27 heavy (non-hydrogen) atoms. The van der Waals surface area contributed by atoms with Crippen LogP contribution >= 0.6 is 0 Å². The van der Waals surface area contributed by atoms with E-state index in [1.807, 2.05) is 16.8 Å². The Balaban J connectivity index is 1.59. The molecule has 2 aromatic heterocycles. The first-order valence-corrected chi connectivity index (χ1v) is 8.37. The van der Waals surface area contributed by atoms with Crippen molar-refractivity contribution in [2.24, 2.45) is 0 Å². The number of aryl methyl sites for hydroxylation is 1. The lowest BCUT2D eigenvalue weighted by atomic mass is 10.2. The molecule has 0 aliphatic carbocycles. The van der Waals surface area contributed by atoms with Crippen molar-refractivity contribution in [1.82, 2.24) is 14.9 Å². The zero-order valence-electron chi connectivity index (χ0n) is 14.4. The van der Waals surface area contributed by atoms with E-state index in [0.29, 0.717) is 23.6 Å². The fourth-order valence-electron chi connectivity index (χ4n) is 2.47. The molecule has 3 aromatic rings. The zero-order chi connectivity index (χ0) is 19.1. The maximum Gasteiger partial charge on any atom is 0.262 e. The van der Waals surface area contributed by atoms with Gasteiger partial charge in [0.15, 0.2) is 0 Å². The Morgan fingerprint density at radius 2 is 2.11 bits per heavy atom. The minimum atomic E-state index is -0.456. The molecule has 0 aliphatic heterocycles. The molecule has 1 aromatic carbocycles. The van der Waals surface area contributed by atoms with Crippen LogP contribution in [0.2, 0.25) is 0 Å². The van der Waals surface area contributed by atoms with Crippen LogP contribution in [0, 0.1) is 17.1 Å². The van der Waals surface area contributed by atoms with Gasteiger partial charge < -0.3 is 14.3 Å². The third-order valence-corrected chi connectivity index (χ3v) is 3.85. The summed E-state index contributed by atoms with van der Waals surface area (Å²) in [5.74, 6) is 0.114. The summed E-state index contributed by atoms with van der Waals surface area (Å²) in [5.41, 5.74) is 0.663. The molecule has 7 heteroatoms. The van der Waals surface area contributed by atoms with Crippen molar-refractivity contribution in [2.75, 3.05) is 6.54 Å². The molecule has 0 radical (unpaired) electrons. The number of nitriles is 1. The predicted molar refractivity (Wildman–Crippen MR) is 97.5 cm³/mol. The van der Waals surface area contributed by atoms with Crippen molar-refractivity contribution in [1.29, 1.82) is 5.26 Å². The molecule has 1 amide bonds. The van der Waals surface area contributed by atoms with Gasteiger partial charge in [-0.1, -0.05) is 0 Å². The van der Waals surface area contributed by atoms with Gasteiger partial charge in [-0.05, 0) is 42.8 Å². The van der Waals surface area contributed by atoms with Gasteiger partial charge in [0.05, 0.1) is 6.33 Å². The molecule has 3 rings (SSSR count). The maximum atomic E-state index is 13.0. The van der Waals surface area contributed by atoms with Gasteiger partial charge in [0.2, 0.25) is 0 Å². The molecule has 0 atom stereocenters. The van der Waals surface area contributed by atoms with Crippen LogP contribution in [0.3, 0.4) is 0 Å². The molecule has 0 fully saturated rings. The Labute approximate surface area is 155 Å². The number of furan rings is 1. The first-order chi connectivity index (χ1) is 13.2. The minimum Gasteiger partial charge on any atom is -0.457 e. The summed E-state index contributed by atoms with van der Waals surface area (Å²) in [6, 6.07) is 11.1. The van der Waals surface area contributed by atoms with Crippen LogP contribution in [0.25, 0.3) is 17.4 Å². The second kappa shape index (κ2) is 8.63. The number of imidazole rings is 1. The minimum absolute atomic E-state index is 0.0439. The molecule has 6 nitrogen and oxygen atoms in total. The van der Waals surface area contributed by atoms with Gasteiger partial charge in [-0.3, -0.25) is 4.79 Å². The lowest BCUT2D eigenvalue weighted by molar-refractivity contribution is -0.117. The zero-order valence-corrected chi connectivity index (χ0v) is 14.4. The van der Waals surface area contributed by atoms with E-state index in [4.69, 9.17) is 4.42 Å². The van der Waals surface area contributed by atoms with E-state index in [2.05, 4.69) is 10.3 Å². The highest BCUT2D eigenvalue weighted by atomic mass is 19.1. The summed E-state index contributed by atoms with van der Waals surface area (Å²) in [6.07, 6.45) is 7.35. The smallest absolute Gasteiger partial charge is 0.262 e. The fraction of sp³-hybridized carbons (Fsp3) is 0.150. The van der Waals surface area contributed by atoms with Crippen LogP contribution in [0.1, 0.15) is 12.2 Å². The Morgan fingerprint density at radius 3 is 2.81 bits per heavy atom. The average Bonchev–Trinajstić information content (AvgIpc) is 3.36. The van der Waals surface area contributed by atoms with Crippen LogP contribution in [0.4, 0.5) is 4.39 Å². The number of nitrogens with one attached hydrogen (secondary N) is 1. The number of halogens is 1. The van der Waals surface area contributed by atoms with Crippen molar-refractivity contribution in [3.63, 3.8) is 0 Å². The van der Waals surface area contributed by atoms with Gasteiger partial charge in [0, 0.05) is 37.1 Å². The van der Waals surface area contributed by atoms with Crippen LogP contribution in [-0.4, -0.2) is 22.0 Å². The number of rotatable bonds is 7. The number of benzene rings is 1. The molecular formula is C20H17FN4O2. The van der Waals surface area contributed by atoms with Crippen LogP contribution in [0.15, 0.2) is 65.1 Å². The molecule has 0 spiro atoms.